The molecule has 2 rings (SSSR count). The van der Waals surface area contributed by atoms with Crippen molar-refractivity contribution >= 4 is 21.9 Å². The standard InChI is InChI=1S/C9H10BrNO3/c10-8-5(1-2-14-8)6-3-11-4-7(6)9(12)13/h1-2,6-7,11H,3-4H2,(H,12,13). The molecule has 76 valence electrons. The molecule has 14 heavy (non-hydrogen) atoms. The van der Waals surface area contributed by atoms with Crippen LogP contribution in [0.5, 0.6) is 0 Å². The fraction of sp³-hybridized carbons (Fsp3) is 0.444. The maximum Gasteiger partial charge on any atom is 0.308 e. The van der Waals surface area contributed by atoms with E-state index < -0.39 is 5.97 Å². The molecular formula is C9H10BrNO3. The molecule has 2 heterocycles. The Labute approximate surface area is 89.4 Å². The summed E-state index contributed by atoms with van der Waals surface area (Å²) in [6.07, 6.45) is 1.57. The van der Waals surface area contributed by atoms with Crippen LogP contribution in [0.25, 0.3) is 0 Å². The van der Waals surface area contributed by atoms with E-state index in [1.165, 1.54) is 0 Å². The lowest BCUT2D eigenvalue weighted by molar-refractivity contribution is -0.141. The third-order valence-electron chi connectivity index (χ3n) is 2.58. The molecule has 0 aliphatic carbocycles. The summed E-state index contributed by atoms with van der Waals surface area (Å²) in [5.41, 5.74) is 0.933. The van der Waals surface area contributed by atoms with Gasteiger partial charge in [-0.3, -0.25) is 4.79 Å². The zero-order chi connectivity index (χ0) is 10.1. The van der Waals surface area contributed by atoms with Gasteiger partial charge in [-0.25, -0.2) is 0 Å². The number of carboxylic acid groups (broad SMARTS) is 1. The van der Waals surface area contributed by atoms with E-state index >= 15 is 0 Å². The Kier molecular flexibility index (Phi) is 2.60. The van der Waals surface area contributed by atoms with Crippen LogP contribution in [0.15, 0.2) is 21.4 Å². The molecule has 1 fully saturated rings. The van der Waals surface area contributed by atoms with Crippen molar-refractivity contribution in [1.29, 1.82) is 0 Å². The lowest BCUT2D eigenvalue weighted by Crippen LogP contribution is -2.20. The van der Waals surface area contributed by atoms with Crippen molar-refractivity contribution in [3.05, 3.63) is 22.6 Å². The molecule has 4 nitrogen and oxygen atoms in total. The summed E-state index contributed by atoms with van der Waals surface area (Å²) in [6, 6.07) is 1.82. The van der Waals surface area contributed by atoms with Crippen LogP contribution in [0.3, 0.4) is 0 Å². The van der Waals surface area contributed by atoms with E-state index in [-0.39, 0.29) is 11.8 Å². The Hall–Kier alpha value is -0.810. The van der Waals surface area contributed by atoms with Crippen molar-refractivity contribution in [1.82, 2.24) is 5.32 Å². The molecule has 1 aliphatic rings. The zero-order valence-electron chi connectivity index (χ0n) is 7.37. The number of carbonyl (C=O) groups is 1. The van der Waals surface area contributed by atoms with Crippen LogP contribution < -0.4 is 5.32 Å². The molecule has 2 atom stereocenters. The van der Waals surface area contributed by atoms with E-state index in [0.717, 1.165) is 5.56 Å². The summed E-state index contributed by atoms with van der Waals surface area (Å²) in [4.78, 5) is 10.9. The molecule has 1 saturated heterocycles. The van der Waals surface area contributed by atoms with Crippen molar-refractivity contribution in [3.63, 3.8) is 0 Å². The molecule has 5 heteroatoms. The lowest BCUT2D eigenvalue weighted by atomic mass is 9.91. The van der Waals surface area contributed by atoms with Crippen LogP contribution in [0.4, 0.5) is 0 Å². The Balaban J connectivity index is 2.26. The first-order valence-electron chi connectivity index (χ1n) is 4.36. The quantitative estimate of drug-likeness (QED) is 0.844. The number of rotatable bonds is 2. The number of aliphatic carboxylic acids is 1. The normalized spacial score (nSPS) is 26.6. The van der Waals surface area contributed by atoms with Gasteiger partial charge in [0, 0.05) is 24.6 Å². The van der Waals surface area contributed by atoms with Crippen molar-refractivity contribution in [2.24, 2.45) is 5.92 Å². The van der Waals surface area contributed by atoms with E-state index in [0.29, 0.717) is 17.8 Å². The summed E-state index contributed by atoms with van der Waals surface area (Å²) in [5, 5.41) is 12.1. The Morgan fingerprint density at radius 1 is 1.64 bits per heavy atom. The molecule has 0 aromatic carbocycles. The van der Waals surface area contributed by atoms with Crippen molar-refractivity contribution in [2.45, 2.75) is 5.92 Å². The molecule has 1 aliphatic heterocycles. The maximum absolute atomic E-state index is 10.9. The molecule has 2 unspecified atom stereocenters. The minimum atomic E-state index is -0.756. The van der Waals surface area contributed by atoms with Gasteiger partial charge >= 0.3 is 5.97 Å². The van der Waals surface area contributed by atoms with Crippen molar-refractivity contribution < 1.29 is 14.3 Å². The van der Waals surface area contributed by atoms with Gasteiger partial charge in [-0.15, -0.1) is 0 Å². The van der Waals surface area contributed by atoms with Crippen LogP contribution in [-0.2, 0) is 4.79 Å². The summed E-state index contributed by atoms with van der Waals surface area (Å²) in [5.74, 6) is -1.11. The molecule has 0 amide bonds. The van der Waals surface area contributed by atoms with Crippen molar-refractivity contribution in [3.8, 4) is 0 Å². The molecule has 0 bridgehead atoms. The Morgan fingerprint density at radius 2 is 2.43 bits per heavy atom. The Bertz CT molecular complexity index is 350. The van der Waals surface area contributed by atoms with E-state index in [1.54, 1.807) is 6.26 Å². The molecule has 1 aromatic rings. The Morgan fingerprint density at radius 3 is 3.00 bits per heavy atom. The van der Waals surface area contributed by atoms with E-state index in [2.05, 4.69) is 21.2 Å². The number of carboxylic acids is 1. The van der Waals surface area contributed by atoms with E-state index in [1.807, 2.05) is 6.07 Å². The van der Waals surface area contributed by atoms with Gasteiger partial charge in [0.1, 0.15) is 0 Å². The number of hydrogen-bond acceptors (Lipinski definition) is 3. The maximum atomic E-state index is 10.9. The highest BCUT2D eigenvalue weighted by Gasteiger charge is 2.35. The number of furan rings is 1. The van der Waals surface area contributed by atoms with Gasteiger partial charge in [-0.1, -0.05) is 0 Å². The molecule has 1 aromatic heterocycles. The van der Waals surface area contributed by atoms with E-state index in [4.69, 9.17) is 9.52 Å². The third kappa shape index (κ3) is 1.57. The molecular weight excluding hydrogens is 250 g/mol. The average molecular weight is 260 g/mol. The fourth-order valence-electron chi connectivity index (χ4n) is 1.83. The molecule has 0 spiro atoms. The van der Waals surface area contributed by atoms with Gasteiger partial charge in [-0.2, -0.15) is 0 Å². The minimum absolute atomic E-state index is 0.000579. The minimum Gasteiger partial charge on any atom is -0.481 e. The predicted molar refractivity (Wildman–Crippen MR) is 53.1 cm³/mol. The summed E-state index contributed by atoms with van der Waals surface area (Å²) < 4.78 is 5.74. The van der Waals surface area contributed by atoms with Gasteiger partial charge in [0.25, 0.3) is 0 Å². The van der Waals surface area contributed by atoms with Gasteiger partial charge < -0.3 is 14.8 Å². The van der Waals surface area contributed by atoms with Crippen LogP contribution in [-0.4, -0.2) is 24.2 Å². The highest BCUT2D eigenvalue weighted by molar-refractivity contribution is 9.10. The predicted octanol–water partition coefficient (Wildman–Crippen LogP) is 1.43. The van der Waals surface area contributed by atoms with Gasteiger partial charge in [0.05, 0.1) is 12.2 Å². The van der Waals surface area contributed by atoms with Crippen LogP contribution in [0.2, 0.25) is 0 Å². The van der Waals surface area contributed by atoms with Crippen LogP contribution in [0.1, 0.15) is 11.5 Å². The first kappa shape index (κ1) is 9.73. The largest absolute Gasteiger partial charge is 0.481 e. The molecule has 0 radical (unpaired) electrons. The smallest absolute Gasteiger partial charge is 0.308 e. The molecule has 0 saturated carbocycles. The first-order valence-corrected chi connectivity index (χ1v) is 5.16. The van der Waals surface area contributed by atoms with Crippen LogP contribution in [0, 0.1) is 5.92 Å². The monoisotopic (exact) mass is 259 g/mol. The van der Waals surface area contributed by atoms with Gasteiger partial charge in [0.2, 0.25) is 0 Å². The summed E-state index contributed by atoms with van der Waals surface area (Å²) in [6.45, 7) is 1.22. The summed E-state index contributed by atoms with van der Waals surface area (Å²) >= 11 is 3.27. The van der Waals surface area contributed by atoms with Gasteiger partial charge in [-0.05, 0) is 22.0 Å². The first-order chi connectivity index (χ1) is 6.70. The zero-order valence-corrected chi connectivity index (χ0v) is 8.95. The highest BCUT2D eigenvalue weighted by Crippen LogP contribution is 2.33. The van der Waals surface area contributed by atoms with E-state index in [9.17, 15) is 4.79 Å². The number of hydrogen-bond donors (Lipinski definition) is 2. The highest BCUT2D eigenvalue weighted by atomic mass is 79.9. The number of nitrogens with one attached hydrogen (secondary N) is 1. The topological polar surface area (TPSA) is 62.5 Å². The summed E-state index contributed by atoms with van der Waals surface area (Å²) in [7, 11) is 0. The second-order valence-corrected chi connectivity index (χ2v) is 4.08. The second-order valence-electron chi connectivity index (χ2n) is 3.36. The second kappa shape index (κ2) is 3.74. The number of halogens is 1. The van der Waals surface area contributed by atoms with Crippen molar-refractivity contribution in [2.75, 3.05) is 13.1 Å². The average Bonchev–Trinajstić information content (AvgIpc) is 2.70. The fourth-order valence-corrected chi connectivity index (χ4v) is 2.37. The third-order valence-corrected chi connectivity index (χ3v) is 3.22. The lowest BCUT2D eigenvalue weighted by Gasteiger charge is -2.12. The van der Waals surface area contributed by atoms with Gasteiger partial charge in [0.15, 0.2) is 4.67 Å². The SMILES string of the molecule is O=C(O)C1CNCC1c1ccoc1Br. The molecule has 2 N–H and O–H groups in total. The van der Waals surface area contributed by atoms with Crippen LogP contribution >= 0.6 is 15.9 Å².